The van der Waals surface area contributed by atoms with Gasteiger partial charge in [0.2, 0.25) is 5.91 Å². The molecule has 0 unspecified atom stereocenters. The van der Waals surface area contributed by atoms with Gasteiger partial charge in [0.1, 0.15) is 0 Å². The second-order valence-electron chi connectivity index (χ2n) is 5.18. The molecule has 3 heterocycles. The molecule has 5 nitrogen and oxygen atoms in total. The van der Waals surface area contributed by atoms with E-state index in [4.69, 9.17) is 9.47 Å². The molecule has 1 aromatic rings. The van der Waals surface area contributed by atoms with Gasteiger partial charge in [-0.25, -0.2) is 0 Å². The number of rotatable bonds is 3. The van der Waals surface area contributed by atoms with Crippen LogP contribution in [0.5, 0.6) is 0 Å². The zero-order valence-corrected chi connectivity index (χ0v) is 11.1. The number of amides is 1. The quantitative estimate of drug-likeness (QED) is 0.895. The molecule has 2 aliphatic heterocycles. The van der Waals surface area contributed by atoms with Gasteiger partial charge < -0.3 is 19.4 Å². The van der Waals surface area contributed by atoms with Gasteiger partial charge >= 0.3 is 0 Å². The van der Waals surface area contributed by atoms with Crippen LogP contribution in [-0.4, -0.2) is 47.9 Å². The first kappa shape index (κ1) is 12.7. The van der Waals surface area contributed by atoms with Crippen molar-refractivity contribution in [2.24, 2.45) is 0 Å². The van der Waals surface area contributed by atoms with E-state index in [2.05, 4.69) is 4.98 Å². The Morgan fingerprint density at radius 2 is 2.05 bits per heavy atom. The van der Waals surface area contributed by atoms with Crippen molar-refractivity contribution >= 4 is 5.91 Å². The minimum atomic E-state index is -0.393. The number of nitrogens with one attached hydrogen (secondary N) is 1. The molecule has 0 saturated carbocycles. The second kappa shape index (κ2) is 5.35. The molecule has 0 aliphatic carbocycles. The third-order valence-electron chi connectivity index (χ3n) is 3.96. The number of aromatic nitrogens is 1. The van der Waals surface area contributed by atoms with E-state index in [0.717, 1.165) is 38.0 Å². The van der Waals surface area contributed by atoms with Crippen molar-refractivity contribution < 1.29 is 14.3 Å². The lowest BCUT2D eigenvalue weighted by molar-refractivity contribution is -0.187. The highest BCUT2D eigenvalue weighted by Gasteiger charge is 2.40. The number of ether oxygens (including phenoxy) is 2. The Hall–Kier alpha value is -1.33. The Balaban J connectivity index is 1.46. The van der Waals surface area contributed by atoms with E-state index in [1.807, 2.05) is 23.2 Å². The topological polar surface area (TPSA) is 54.6 Å². The molecule has 1 spiro atoms. The summed E-state index contributed by atoms with van der Waals surface area (Å²) < 4.78 is 11.3. The Morgan fingerprint density at radius 3 is 2.68 bits per heavy atom. The monoisotopic (exact) mass is 264 g/mol. The van der Waals surface area contributed by atoms with Crippen molar-refractivity contribution in [3.8, 4) is 0 Å². The first-order valence-electron chi connectivity index (χ1n) is 6.95. The molecule has 104 valence electrons. The number of hydrogen-bond donors (Lipinski definition) is 1. The number of likely N-dealkylation sites (tertiary alicyclic amines) is 1. The van der Waals surface area contributed by atoms with E-state index in [1.165, 1.54) is 0 Å². The fraction of sp³-hybridized carbons (Fsp3) is 0.643. The maximum atomic E-state index is 12.1. The van der Waals surface area contributed by atoms with Crippen LogP contribution in [0.2, 0.25) is 0 Å². The zero-order chi connectivity index (χ0) is 13.1. The minimum absolute atomic E-state index is 0.224. The largest absolute Gasteiger partial charge is 0.365 e. The number of nitrogens with zero attached hydrogens (tertiary/aromatic N) is 1. The van der Waals surface area contributed by atoms with Crippen LogP contribution in [0, 0.1) is 0 Å². The van der Waals surface area contributed by atoms with E-state index in [9.17, 15) is 4.79 Å². The normalized spacial score (nSPS) is 22.0. The van der Waals surface area contributed by atoms with E-state index in [-0.39, 0.29) is 5.91 Å². The van der Waals surface area contributed by atoms with Crippen LogP contribution in [0.25, 0.3) is 0 Å². The van der Waals surface area contributed by atoms with Crippen LogP contribution in [-0.2, 0) is 20.7 Å². The average Bonchev–Trinajstić information content (AvgIpc) is 3.09. The summed E-state index contributed by atoms with van der Waals surface area (Å²) >= 11 is 0. The van der Waals surface area contributed by atoms with Crippen molar-refractivity contribution in [3.63, 3.8) is 0 Å². The van der Waals surface area contributed by atoms with Crippen LogP contribution in [0.4, 0.5) is 0 Å². The Kier molecular flexibility index (Phi) is 3.57. The summed E-state index contributed by atoms with van der Waals surface area (Å²) in [6.07, 6.45) is 4.82. The highest BCUT2D eigenvalue weighted by molar-refractivity contribution is 5.76. The van der Waals surface area contributed by atoms with Gasteiger partial charge in [-0.3, -0.25) is 4.79 Å². The molecule has 19 heavy (non-hydrogen) atoms. The van der Waals surface area contributed by atoms with Gasteiger partial charge in [-0.1, -0.05) is 0 Å². The summed E-state index contributed by atoms with van der Waals surface area (Å²) in [5, 5.41) is 0. The van der Waals surface area contributed by atoms with Crippen molar-refractivity contribution in [2.75, 3.05) is 26.3 Å². The fourth-order valence-corrected chi connectivity index (χ4v) is 2.81. The molecule has 3 rings (SSSR count). The van der Waals surface area contributed by atoms with Crippen LogP contribution in [0.15, 0.2) is 18.3 Å². The summed E-state index contributed by atoms with van der Waals surface area (Å²) in [4.78, 5) is 17.2. The van der Waals surface area contributed by atoms with Crippen molar-refractivity contribution in [3.05, 3.63) is 24.0 Å². The van der Waals surface area contributed by atoms with E-state index >= 15 is 0 Å². The summed E-state index contributed by atoms with van der Waals surface area (Å²) in [7, 11) is 0. The SMILES string of the molecule is O=C(CCc1ccc[nH]1)N1CCC2(CC1)OCCO2. The molecule has 2 saturated heterocycles. The maximum absolute atomic E-state index is 12.1. The summed E-state index contributed by atoms with van der Waals surface area (Å²) in [5.74, 6) is -0.168. The predicted molar refractivity (Wildman–Crippen MR) is 69.6 cm³/mol. The van der Waals surface area contributed by atoms with Crippen molar-refractivity contribution in [1.29, 1.82) is 0 Å². The molecule has 1 amide bonds. The molecular weight excluding hydrogens is 244 g/mol. The maximum Gasteiger partial charge on any atom is 0.222 e. The smallest absolute Gasteiger partial charge is 0.222 e. The molecule has 0 bridgehead atoms. The highest BCUT2D eigenvalue weighted by atomic mass is 16.7. The molecule has 1 aromatic heterocycles. The van der Waals surface area contributed by atoms with E-state index in [0.29, 0.717) is 19.6 Å². The standard InChI is InChI=1S/C14H20N2O3/c17-13(4-3-12-2-1-7-15-12)16-8-5-14(6-9-16)18-10-11-19-14/h1-2,7,15H,3-6,8-11H2. The Labute approximate surface area is 112 Å². The molecule has 0 radical (unpaired) electrons. The molecular formula is C14H20N2O3. The van der Waals surface area contributed by atoms with Crippen LogP contribution in [0.3, 0.4) is 0 Å². The van der Waals surface area contributed by atoms with E-state index < -0.39 is 5.79 Å². The molecule has 2 fully saturated rings. The summed E-state index contributed by atoms with van der Waals surface area (Å²) in [5.41, 5.74) is 1.12. The number of H-pyrrole nitrogens is 1. The second-order valence-corrected chi connectivity index (χ2v) is 5.18. The third-order valence-corrected chi connectivity index (χ3v) is 3.96. The van der Waals surface area contributed by atoms with Gasteiger partial charge in [-0.2, -0.15) is 0 Å². The lowest BCUT2D eigenvalue weighted by Crippen LogP contribution is -2.47. The van der Waals surface area contributed by atoms with Crippen LogP contribution < -0.4 is 0 Å². The lowest BCUT2D eigenvalue weighted by Gasteiger charge is -2.37. The number of piperidine rings is 1. The average molecular weight is 264 g/mol. The Bertz CT molecular complexity index is 414. The molecule has 0 aromatic carbocycles. The van der Waals surface area contributed by atoms with Crippen LogP contribution >= 0.6 is 0 Å². The van der Waals surface area contributed by atoms with Gasteiger partial charge in [-0.05, 0) is 18.6 Å². The summed E-state index contributed by atoms with van der Waals surface area (Å²) in [6, 6.07) is 3.97. The number of carbonyl (C=O) groups excluding carboxylic acids is 1. The number of carbonyl (C=O) groups is 1. The third kappa shape index (κ3) is 2.82. The molecule has 5 heteroatoms. The molecule has 2 aliphatic rings. The zero-order valence-electron chi connectivity index (χ0n) is 11.1. The first-order valence-corrected chi connectivity index (χ1v) is 6.95. The van der Waals surface area contributed by atoms with Gasteiger partial charge in [0, 0.05) is 44.2 Å². The fourth-order valence-electron chi connectivity index (χ4n) is 2.81. The Morgan fingerprint density at radius 1 is 1.32 bits per heavy atom. The van der Waals surface area contributed by atoms with Gasteiger partial charge in [-0.15, -0.1) is 0 Å². The van der Waals surface area contributed by atoms with Crippen LogP contribution in [0.1, 0.15) is 25.0 Å². The summed E-state index contributed by atoms with van der Waals surface area (Å²) in [6.45, 7) is 2.84. The number of aryl methyl sites for hydroxylation is 1. The predicted octanol–water partition coefficient (Wildman–Crippen LogP) is 1.31. The highest BCUT2D eigenvalue weighted by Crippen LogP contribution is 2.31. The van der Waals surface area contributed by atoms with Crippen molar-refractivity contribution in [2.45, 2.75) is 31.5 Å². The minimum Gasteiger partial charge on any atom is -0.365 e. The number of aromatic amines is 1. The molecule has 0 atom stereocenters. The first-order chi connectivity index (χ1) is 9.27. The van der Waals surface area contributed by atoms with Gasteiger partial charge in [0.25, 0.3) is 0 Å². The van der Waals surface area contributed by atoms with Gasteiger partial charge in [0.05, 0.1) is 13.2 Å². The molecule has 1 N–H and O–H groups in total. The van der Waals surface area contributed by atoms with Crippen molar-refractivity contribution in [1.82, 2.24) is 9.88 Å². The number of hydrogen-bond acceptors (Lipinski definition) is 3. The lowest BCUT2D eigenvalue weighted by atomic mass is 10.0. The van der Waals surface area contributed by atoms with E-state index in [1.54, 1.807) is 0 Å². The van der Waals surface area contributed by atoms with Gasteiger partial charge in [0.15, 0.2) is 5.79 Å².